The molecule has 1 atom stereocenters. The molecular formula is C4H4Br2N2O2. The maximum Gasteiger partial charge on any atom is 0.347 e. The van der Waals surface area contributed by atoms with Crippen molar-refractivity contribution in [2.24, 2.45) is 0 Å². The van der Waals surface area contributed by atoms with Gasteiger partial charge in [0.05, 0.1) is 32.3 Å². The Hall–Kier alpha value is -0.100. The first-order valence-electron chi connectivity index (χ1n) is 2.54. The number of nitrogens with zero attached hydrogens (tertiary/aromatic N) is 2. The van der Waals surface area contributed by atoms with Gasteiger partial charge in [-0.3, -0.25) is 4.79 Å². The normalized spacial score (nSPS) is 26.5. The van der Waals surface area contributed by atoms with Crippen LogP contribution in [0.25, 0.3) is 0 Å². The van der Waals surface area contributed by atoms with Crippen LogP contribution in [0.3, 0.4) is 0 Å². The minimum Gasteiger partial charge on any atom is -0.271 e. The smallest absolute Gasteiger partial charge is 0.271 e. The molecule has 4 nitrogen and oxygen atoms in total. The van der Waals surface area contributed by atoms with Crippen molar-refractivity contribution in [3.63, 3.8) is 0 Å². The third-order valence-corrected chi connectivity index (χ3v) is 2.81. The monoisotopic (exact) mass is 270 g/mol. The molecule has 0 bridgehead atoms. The first-order chi connectivity index (χ1) is 4.55. The fourth-order valence-corrected chi connectivity index (χ4v) is 1.62. The number of imide groups is 1. The Morgan fingerprint density at radius 3 is 2.00 bits per heavy atom. The summed E-state index contributed by atoms with van der Waals surface area (Å²) >= 11 is 5.75. The molecule has 1 aliphatic rings. The average Bonchev–Trinajstić information content (AvgIpc) is 2.07. The second-order valence-electron chi connectivity index (χ2n) is 1.89. The van der Waals surface area contributed by atoms with Gasteiger partial charge in [-0.05, 0) is 6.92 Å². The van der Waals surface area contributed by atoms with Gasteiger partial charge in [-0.1, -0.05) is 0 Å². The van der Waals surface area contributed by atoms with E-state index in [1.165, 1.54) is 3.93 Å². The van der Waals surface area contributed by atoms with E-state index in [0.29, 0.717) is 0 Å². The Kier molecular flexibility index (Phi) is 2.00. The van der Waals surface area contributed by atoms with Gasteiger partial charge in [-0.25, -0.2) is 8.72 Å². The number of hydrogen-bond donors (Lipinski definition) is 0. The Balaban J connectivity index is 2.89. The van der Waals surface area contributed by atoms with Crippen molar-refractivity contribution in [2.75, 3.05) is 0 Å². The highest BCUT2D eigenvalue weighted by atomic mass is 79.9. The Labute approximate surface area is 74.8 Å². The molecule has 0 aromatic rings. The van der Waals surface area contributed by atoms with E-state index in [4.69, 9.17) is 0 Å². The summed E-state index contributed by atoms with van der Waals surface area (Å²) in [5, 5.41) is 0. The van der Waals surface area contributed by atoms with E-state index in [-0.39, 0.29) is 5.91 Å². The molecule has 10 heavy (non-hydrogen) atoms. The summed E-state index contributed by atoms with van der Waals surface area (Å²) in [6.45, 7) is 1.64. The Morgan fingerprint density at radius 2 is 1.90 bits per heavy atom. The number of carbonyl (C=O) groups is 2. The maximum atomic E-state index is 10.9. The molecule has 6 heteroatoms. The van der Waals surface area contributed by atoms with Crippen LogP contribution in [0.1, 0.15) is 6.92 Å². The van der Waals surface area contributed by atoms with Crippen molar-refractivity contribution in [3.8, 4) is 0 Å². The Bertz CT molecular complexity index is 176. The van der Waals surface area contributed by atoms with Gasteiger partial charge in [0, 0.05) is 0 Å². The van der Waals surface area contributed by atoms with Crippen LogP contribution in [0.2, 0.25) is 0 Å². The molecule has 1 heterocycles. The van der Waals surface area contributed by atoms with E-state index < -0.39 is 12.1 Å². The van der Waals surface area contributed by atoms with E-state index >= 15 is 0 Å². The molecule has 1 fully saturated rings. The highest BCUT2D eigenvalue weighted by Crippen LogP contribution is 2.23. The van der Waals surface area contributed by atoms with Crippen molar-refractivity contribution < 1.29 is 9.59 Å². The van der Waals surface area contributed by atoms with Crippen molar-refractivity contribution in [2.45, 2.75) is 13.0 Å². The summed E-state index contributed by atoms with van der Waals surface area (Å²) in [5.41, 5.74) is 0. The predicted octanol–water partition coefficient (Wildman–Crippen LogP) is 1.26. The van der Waals surface area contributed by atoms with Gasteiger partial charge in [0.15, 0.2) is 0 Å². The van der Waals surface area contributed by atoms with Crippen LogP contribution in [-0.2, 0) is 4.79 Å². The standard InChI is InChI=1S/C4H4Br2N2O2/c1-2-3(9)8(6)4(10)7(2)5/h2H,1H3. The maximum absolute atomic E-state index is 10.9. The van der Waals surface area contributed by atoms with Crippen molar-refractivity contribution >= 4 is 44.2 Å². The molecule has 3 amide bonds. The van der Waals surface area contributed by atoms with Crippen molar-refractivity contribution in [1.29, 1.82) is 0 Å². The SMILES string of the molecule is CC1C(=O)N(Br)C(=O)N1Br. The summed E-state index contributed by atoms with van der Waals surface area (Å²) in [6.07, 6.45) is 0. The molecular weight excluding hydrogens is 268 g/mol. The fraction of sp³-hybridized carbons (Fsp3) is 0.500. The number of halogens is 2. The third-order valence-electron chi connectivity index (χ3n) is 1.24. The van der Waals surface area contributed by atoms with Gasteiger partial charge in [-0.2, -0.15) is 3.93 Å². The van der Waals surface area contributed by atoms with Gasteiger partial charge >= 0.3 is 6.03 Å². The lowest BCUT2D eigenvalue weighted by atomic mass is 10.4. The predicted molar refractivity (Wildman–Crippen MR) is 41.4 cm³/mol. The lowest BCUT2D eigenvalue weighted by Crippen LogP contribution is -2.22. The summed E-state index contributed by atoms with van der Waals surface area (Å²) in [7, 11) is 0. The Morgan fingerprint density at radius 1 is 1.40 bits per heavy atom. The molecule has 0 radical (unpaired) electrons. The lowest BCUT2D eigenvalue weighted by Gasteiger charge is -2.05. The van der Waals surface area contributed by atoms with Gasteiger partial charge < -0.3 is 0 Å². The number of amides is 3. The highest BCUT2D eigenvalue weighted by Gasteiger charge is 2.40. The highest BCUT2D eigenvalue weighted by molar-refractivity contribution is 9.08. The van der Waals surface area contributed by atoms with Crippen LogP contribution in [-0.4, -0.2) is 25.8 Å². The molecule has 1 aliphatic heterocycles. The number of rotatable bonds is 0. The molecule has 0 aromatic heterocycles. The molecule has 1 unspecified atom stereocenters. The summed E-state index contributed by atoms with van der Waals surface area (Å²) < 4.78 is 2.08. The third kappa shape index (κ3) is 0.950. The molecule has 0 aliphatic carbocycles. The molecule has 1 rings (SSSR count). The van der Waals surface area contributed by atoms with E-state index in [9.17, 15) is 9.59 Å². The van der Waals surface area contributed by atoms with Crippen molar-refractivity contribution in [3.05, 3.63) is 0 Å². The molecule has 0 saturated carbocycles. The van der Waals surface area contributed by atoms with Crippen LogP contribution < -0.4 is 0 Å². The first kappa shape index (κ1) is 8.00. The van der Waals surface area contributed by atoms with Gasteiger partial charge in [0.25, 0.3) is 5.91 Å². The molecule has 56 valence electrons. The zero-order valence-electron chi connectivity index (χ0n) is 5.04. The summed E-state index contributed by atoms with van der Waals surface area (Å²) in [4.78, 5) is 21.8. The van der Waals surface area contributed by atoms with Crippen molar-refractivity contribution in [1.82, 2.24) is 7.85 Å². The zero-order chi connectivity index (χ0) is 7.89. The van der Waals surface area contributed by atoms with Crippen LogP contribution in [0.5, 0.6) is 0 Å². The van der Waals surface area contributed by atoms with Crippen LogP contribution >= 0.6 is 32.3 Å². The van der Waals surface area contributed by atoms with Gasteiger partial charge in [0.1, 0.15) is 6.04 Å². The topological polar surface area (TPSA) is 40.6 Å². The summed E-state index contributed by atoms with van der Waals surface area (Å²) in [5.74, 6) is -0.262. The quantitative estimate of drug-likeness (QED) is 0.492. The van der Waals surface area contributed by atoms with Crippen LogP contribution in [0.15, 0.2) is 0 Å². The first-order valence-corrected chi connectivity index (χ1v) is 3.96. The van der Waals surface area contributed by atoms with Gasteiger partial charge in [-0.15, -0.1) is 0 Å². The van der Waals surface area contributed by atoms with E-state index in [1.807, 2.05) is 0 Å². The second kappa shape index (κ2) is 2.50. The summed E-state index contributed by atoms with van der Waals surface area (Å²) in [6, 6.07) is -0.815. The molecule has 0 spiro atoms. The minimum absolute atomic E-state index is 0.262. The molecule has 1 saturated heterocycles. The largest absolute Gasteiger partial charge is 0.347 e. The van der Waals surface area contributed by atoms with E-state index in [0.717, 1.165) is 3.93 Å². The number of hydrogen-bond acceptors (Lipinski definition) is 2. The fourth-order valence-electron chi connectivity index (χ4n) is 0.605. The second-order valence-corrected chi connectivity index (χ2v) is 3.36. The van der Waals surface area contributed by atoms with Crippen LogP contribution in [0, 0.1) is 0 Å². The van der Waals surface area contributed by atoms with Gasteiger partial charge in [0.2, 0.25) is 0 Å². The number of urea groups is 1. The minimum atomic E-state index is -0.424. The zero-order valence-corrected chi connectivity index (χ0v) is 8.22. The number of carbonyl (C=O) groups excluding carboxylic acids is 2. The lowest BCUT2D eigenvalue weighted by molar-refractivity contribution is -0.123. The van der Waals surface area contributed by atoms with E-state index in [2.05, 4.69) is 32.3 Å². The van der Waals surface area contributed by atoms with Crippen LogP contribution in [0.4, 0.5) is 4.79 Å². The molecule has 0 N–H and O–H groups in total. The van der Waals surface area contributed by atoms with E-state index in [1.54, 1.807) is 6.92 Å². The molecule has 0 aromatic carbocycles. The average molecular weight is 272 g/mol.